The van der Waals surface area contributed by atoms with Gasteiger partial charge in [-0.05, 0) is 73.5 Å². The molecule has 0 spiro atoms. The Morgan fingerprint density at radius 1 is 1.26 bits per heavy atom. The molecule has 6 nitrogen and oxygen atoms in total. The van der Waals surface area contributed by atoms with Gasteiger partial charge in [-0.1, -0.05) is 36.7 Å². The summed E-state index contributed by atoms with van der Waals surface area (Å²) in [5.41, 5.74) is 2.27. The Balaban J connectivity index is 1.68. The van der Waals surface area contributed by atoms with Gasteiger partial charge in [-0.2, -0.15) is 0 Å². The molecule has 1 heterocycles. The summed E-state index contributed by atoms with van der Waals surface area (Å²) < 4.78 is 5.74. The van der Waals surface area contributed by atoms with Gasteiger partial charge in [-0.15, -0.1) is 0 Å². The van der Waals surface area contributed by atoms with Crippen molar-refractivity contribution in [3.05, 3.63) is 63.5 Å². The lowest BCUT2D eigenvalue weighted by Crippen LogP contribution is -2.36. The van der Waals surface area contributed by atoms with Gasteiger partial charge < -0.3 is 10.1 Å². The molecule has 0 aromatic heterocycles. The van der Waals surface area contributed by atoms with Gasteiger partial charge in [0.15, 0.2) is 0 Å². The third-order valence-electron chi connectivity index (χ3n) is 4.63. The maximum atomic E-state index is 12.7. The maximum absolute atomic E-state index is 12.7. The van der Waals surface area contributed by atoms with E-state index in [1.165, 1.54) is 0 Å². The Bertz CT molecular complexity index is 1050. The molecule has 1 aliphatic rings. The van der Waals surface area contributed by atoms with Crippen LogP contribution in [0.1, 0.15) is 31.4 Å². The first-order valence-electron chi connectivity index (χ1n) is 9.85. The standard InChI is InChI=1S/C23H23ClN2O4S/c1-4-15(3)30-19-9-8-16(11-18(19)24)12-20-22(28)26(23(29)31-20)13-21(27)25-17-7-5-6-14(2)10-17/h5-12,15H,4,13H2,1-3H3,(H,25,27)/b20-12-/t15-/m0/s1. The van der Waals surface area contributed by atoms with E-state index in [2.05, 4.69) is 5.32 Å². The van der Waals surface area contributed by atoms with Gasteiger partial charge in [0.05, 0.1) is 16.0 Å². The fourth-order valence-corrected chi connectivity index (χ4v) is 3.93. The number of amides is 3. The summed E-state index contributed by atoms with van der Waals surface area (Å²) in [5, 5.41) is 2.64. The van der Waals surface area contributed by atoms with E-state index in [1.54, 1.807) is 30.3 Å². The van der Waals surface area contributed by atoms with Crippen molar-refractivity contribution in [1.82, 2.24) is 4.90 Å². The second-order valence-electron chi connectivity index (χ2n) is 7.21. The average molecular weight is 459 g/mol. The molecule has 1 atom stereocenters. The molecule has 0 unspecified atom stereocenters. The van der Waals surface area contributed by atoms with Gasteiger partial charge in [0, 0.05) is 5.69 Å². The van der Waals surface area contributed by atoms with E-state index < -0.39 is 17.1 Å². The van der Waals surface area contributed by atoms with Crippen LogP contribution in [-0.2, 0) is 9.59 Å². The number of hydrogen-bond donors (Lipinski definition) is 1. The Kier molecular flexibility index (Phi) is 7.41. The van der Waals surface area contributed by atoms with Gasteiger partial charge in [0.2, 0.25) is 5.91 Å². The Labute approximate surface area is 190 Å². The lowest BCUT2D eigenvalue weighted by Gasteiger charge is -2.14. The molecule has 3 amide bonds. The van der Waals surface area contributed by atoms with Crippen molar-refractivity contribution in [3.8, 4) is 5.75 Å². The van der Waals surface area contributed by atoms with Gasteiger partial charge in [-0.25, -0.2) is 0 Å². The minimum Gasteiger partial charge on any atom is -0.489 e. The number of carbonyl (C=O) groups excluding carboxylic acids is 3. The van der Waals surface area contributed by atoms with Gasteiger partial charge in [-0.3, -0.25) is 19.3 Å². The van der Waals surface area contributed by atoms with Crippen molar-refractivity contribution in [1.29, 1.82) is 0 Å². The van der Waals surface area contributed by atoms with E-state index in [1.807, 2.05) is 39.0 Å². The van der Waals surface area contributed by atoms with E-state index >= 15 is 0 Å². The van der Waals surface area contributed by atoms with Crippen LogP contribution in [0.3, 0.4) is 0 Å². The summed E-state index contributed by atoms with van der Waals surface area (Å²) in [6.45, 7) is 5.53. The zero-order valence-corrected chi connectivity index (χ0v) is 19.0. The number of aryl methyl sites for hydroxylation is 1. The number of hydrogen-bond acceptors (Lipinski definition) is 5. The molecule has 0 saturated carbocycles. The zero-order chi connectivity index (χ0) is 22.5. The van der Waals surface area contributed by atoms with E-state index in [0.29, 0.717) is 22.0 Å². The van der Waals surface area contributed by atoms with Crippen LogP contribution in [-0.4, -0.2) is 34.6 Å². The van der Waals surface area contributed by atoms with Crippen molar-refractivity contribution >= 4 is 52.2 Å². The summed E-state index contributed by atoms with van der Waals surface area (Å²) in [4.78, 5) is 38.5. The number of rotatable bonds is 7. The van der Waals surface area contributed by atoms with E-state index in [4.69, 9.17) is 16.3 Å². The molecule has 1 saturated heterocycles. The number of ether oxygens (including phenoxy) is 1. The molecule has 1 fully saturated rings. The third kappa shape index (κ3) is 5.89. The topological polar surface area (TPSA) is 75.7 Å². The van der Waals surface area contributed by atoms with Crippen LogP contribution in [0.2, 0.25) is 5.02 Å². The zero-order valence-electron chi connectivity index (χ0n) is 17.5. The summed E-state index contributed by atoms with van der Waals surface area (Å²) in [6, 6.07) is 12.5. The first kappa shape index (κ1) is 22.9. The van der Waals surface area contributed by atoms with Crippen LogP contribution in [0.25, 0.3) is 6.08 Å². The smallest absolute Gasteiger partial charge is 0.294 e. The Hall–Kier alpha value is -2.77. The number of anilines is 1. The van der Waals surface area contributed by atoms with Crippen molar-refractivity contribution in [3.63, 3.8) is 0 Å². The van der Waals surface area contributed by atoms with Crippen molar-refractivity contribution in [2.24, 2.45) is 0 Å². The number of nitrogens with one attached hydrogen (secondary N) is 1. The molecule has 1 aliphatic heterocycles. The second-order valence-corrected chi connectivity index (χ2v) is 8.61. The molecule has 2 aromatic carbocycles. The molecule has 8 heteroatoms. The summed E-state index contributed by atoms with van der Waals surface area (Å²) >= 11 is 7.09. The SMILES string of the molecule is CC[C@H](C)Oc1ccc(/C=C2\SC(=O)N(CC(=O)Nc3cccc(C)c3)C2=O)cc1Cl. The van der Waals surface area contributed by atoms with Gasteiger partial charge >= 0.3 is 0 Å². The van der Waals surface area contributed by atoms with Crippen molar-refractivity contribution in [2.75, 3.05) is 11.9 Å². The van der Waals surface area contributed by atoms with E-state index in [9.17, 15) is 14.4 Å². The predicted octanol–water partition coefficient (Wildman–Crippen LogP) is 5.50. The fraction of sp³-hybridized carbons (Fsp3) is 0.261. The van der Waals surface area contributed by atoms with Crippen LogP contribution < -0.4 is 10.1 Å². The maximum Gasteiger partial charge on any atom is 0.294 e. The first-order chi connectivity index (χ1) is 14.8. The normalized spacial score (nSPS) is 16.0. The summed E-state index contributed by atoms with van der Waals surface area (Å²) in [6.07, 6.45) is 2.47. The molecule has 31 heavy (non-hydrogen) atoms. The van der Waals surface area contributed by atoms with E-state index in [0.717, 1.165) is 28.6 Å². The fourth-order valence-electron chi connectivity index (χ4n) is 2.86. The van der Waals surface area contributed by atoms with Crippen LogP contribution in [0.5, 0.6) is 5.75 Å². The number of imide groups is 1. The lowest BCUT2D eigenvalue weighted by atomic mass is 10.2. The molecular weight excluding hydrogens is 436 g/mol. The largest absolute Gasteiger partial charge is 0.489 e. The van der Waals surface area contributed by atoms with Gasteiger partial charge in [0.25, 0.3) is 11.1 Å². The molecule has 0 aliphatic carbocycles. The highest BCUT2D eigenvalue weighted by atomic mass is 35.5. The van der Waals surface area contributed by atoms with Gasteiger partial charge in [0.1, 0.15) is 12.3 Å². The molecule has 0 radical (unpaired) electrons. The summed E-state index contributed by atoms with van der Waals surface area (Å²) in [5.74, 6) is -0.386. The number of carbonyl (C=O) groups is 3. The van der Waals surface area contributed by atoms with Crippen molar-refractivity contribution in [2.45, 2.75) is 33.3 Å². The van der Waals surface area contributed by atoms with Crippen LogP contribution in [0.4, 0.5) is 10.5 Å². The van der Waals surface area contributed by atoms with Crippen LogP contribution in [0.15, 0.2) is 47.4 Å². The molecule has 162 valence electrons. The number of thioether (sulfide) groups is 1. The van der Waals surface area contributed by atoms with Crippen LogP contribution in [0, 0.1) is 6.92 Å². The molecule has 1 N–H and O–H groups in total. The molecular formula is C23H23ClN2O4S. The Morgan fingerprint density at radius 3 is 2.71 bits per heavy atom. The molecule has 3 rings (SSSR count). The highest BCUT2D eigenvalue weighted by molar-refractivity contribution is 8.18. The monoisotopic (exact) mass is 458 g/mol. The highest BCUT2D eigenvalue weighted by Gasteiger charge is 2.36. The number of benzene rings is 2. The molecule has 2 aromatic rings. The van der Waals surface area contributed by atoms with E-state index in [-0.39, 0.29) is 17.6 Å². The number of nitrogens with zero attached hydrogens (tertiary/aromatic N) is 1. The lowest BCUT2D eigenvalue weighted by molar-refractivity contribution is -0.127. The van der Waals surface area contributed by atoms with Crippen molar-refractivity contribution < 1.29 is 19.1 Å². The summed E-state index contributed by atoms with van der Waals surface area (Å²) in [7, 11) is 0. The third-order valence-corrected chi connectivity index (χ3v) is 5.84. The van der Waals surface area contributed by atoms with Crippen LogP contribution >= 0.6 is 23.4 Å². The Morgan fingerprint density at radius 2 is 2.03 bits per heavy atom. The number of halogens is 1. The first-order valence-corrected chi connectivity index (χ1v) is 11.0. The highest BCUT2D eigenvalue weighted by Crippen LogP contribution is 2.34. The predicted molar refractivity (Wildman–Crippen MR) is 124 cm³/mol. The second kappa shape index (κ2) is 10.0. The molecule has 0 bridgehead atoms. The average Bonchev–Trinajstić information content (AvgIpc) is 2.97. The minimum absolute atomic E-state index is 0.0331. The quantitative estimate of drug-likeness (QED) is 0.554. The minimum atomic E-state index is -0.509.